The van der Waals surface area contributed by atoms with E-state index in [1.807, 2.05) is 36.4 Å². The highest BCUT2D eigenvalue weighted by atomic mass is 16.6. The van der Waals surface area contributed by atoms with Gasteiger partial charge in [-0.2, -0.15) is 0 Å². The van der Waals surface area contributed by atoms with Crippen LogP contribution >= 0.6 is 0 Å². The van der Waals surface area contributed by atoms with Crippen molar-refractivity contribution in [3.63, 3.8) is 0 Å². The topological polar surface area (TPSA) is 98.8 Å². The lowest BCUT2D eigenvalue weighted by Gasteiger charge is -2.13. The van der Waals surface area contributed by atoms with Gasteiger partial charge in [-0.25, -0.2) is 9.59 Å². The third kappa shape index (κ3) is 8.03. The molecule has 0 saturated heterocycles. The third-order valence-electron chi connectivity index (χ3n) is 9.91. The van der Waals surface area contributed by atoms with Crippen LogP contribution in [0.25, 0.3) is 64.6 Å². The zero-order valence-electron chi connectivity index (χ0n) is 30.6. The average molecular weight is 739 g/mol. The Kier molecular flexibility index (Phi) is 11.5. The van der Waals surface area contributed by atoms with Crippen LogP contribution in [0.15, 0.2) is 109 Å². The zero-order valence-corrected chi connectivity index (χ0v) is 30.6. The van der Waals surface area contributed by atoms with Gasteiger partial charge in [0.15, 0.2) is 0 Å². The van der Waals surface area contributed by atoms with E-state index in [4.69, 9.17) is 33.2 Å². The maximum Gasteiger partial charge on any atom is 0.338 e. The van der Waals surface area contributed by atoms with E-state index in [1.165, 1.54) is 10.8 Å². The second kappa shape index (κ2) is 17.4. The molecule has 8 rings (SSSR count). The van der Waals surface area contributed by atoms with Gasteiger partial charge in [0, 0.05) is 0 Å². The largest absolute Gasteiger partial charge is 0.460 e. The van der Waals surface area contributed by atoms with Crippen molar-refractivity contribution in [2.24, 2.45) is 0 Å². The van der Waals surface area contributed by atoms with Gasteiger partial charge in [0.1, 0.15) is 13.2 Å². The molecule has 0 aromatic heterocycles. The lowest BCUT2D eigenvalue weighted by Crippen LogP contribution is -2.15. The fourth-order valence-corrected chi connectivity index (χ4v) is 7.35. The first-order valence-electron chi connectivity index (χ1n) is 18.7. The summed E-state index contributed by atoms with van der Waals surface area (Å²) in [5.74, 6) is -0.720. The van der Waals surface area contributed by atoms with Crippen molar-refractivity contribution in [3.8, 4) is 0 Å². The molecule has 0 spiro atoms. The molecule has 55 heavy (non-hydrogen) atoms. The van der Waals surface area contributed by atoms with Gasteiger partial charge in [-0.3, -0.25) is 0 Å². The number of esters is 2. The Labute approximate surface area is 318 Å². The lowest BCUT2D eigenvalue weighted by molar-refractivity contribution is -0.0180. The second-order valence-corrected chi connectivity index (χ2v) is 13.3. The van der Waals surface area contributed by atoms with E-state index in [1.54, 1.807) is 0 Å². The standard InChI is InChI=1S/C46H42O9/c47-45(39-17-13-35-9-7-31-3-1-5-33-11-15-37(39)43(35)41(31)33)54-29-27-52-25-23-50-21-19-49-20-22-51-24-26-53-28-30-55-46(48)40-18-14-36-10-8-32-4-2-6-34-12-16-38(40)44(36)42(32)34/h1-18H,19-30H2. The molecule has 9 nitrogen and oxygen atoms in total. The van der Waals surface area contributed by atoms with E-state index in [2.05, 4.69) is 72.8 Å². The Bertz CT molecular complexity index is 2340. The fourth-order valence-electron chi connectivity index (χ4n) is 7.35. The molecule has 0 atom stereocenters. The minimum atomic E-state index is -0.360. The molecule has 0 N–H and O–H groups in total. The van der Waals surface area contributed by atoms with E-state index < -0.39 is 0 Å². The van der Waals surface area contributed by atoms with Crippen LogP contribution in [0.1, 0.15) is 20.7 Å². The van der Waals surface area contributed by atoms with E-state index in [-0.39, 0.29) is 38.4 Å². The van der Waals surface area contributed by atoms with E-state index in [0.717, 1.165) is 53.9 Å². The maximum absolute atomic E-state index is 12.9. The summed E-state index contributed by atoms with van der Waals surface area (Å²) in [5.41, 5.74) is 1.11. The molecule has 0 bridgehead atoms. The summed E-state index contributed by atoms with van der Waals surface area (Å²) in [5, 5.41) is 13.1. The average Bonchev–Trinajstić information content (AvgIpc) is 3.22. The molecule has 0 fully saturated rings. The molecule has 0 heterocycles. The number of rotatable bonds is 20. The summed E-state index contributed by atoms with van der Waals surface area (Å²) < 4.78 is 38.9. The number of hydrogen-bond donors (Lipinski definition) is 0. The molecule has 8 aromatic carbocycles. The Morgan fingerprint density at radius 3 is 0.927 bits per heavy atom. The van der Waals surface area contributed by atoms with Crippen molar-refractivity contribution in [2.75, 3.05) is 79.3 Å². The van der Waals surface area contributed by atoms with Gasteiger partial charge in [-0.1, -0.05) is 97.1 Å². The van der Waals surface area contributed by atoms with Crippen LogP contribution in [0.3, 0.4) is 0 Å². The molecule has 0 aliphatic carbocycles. The fraction of sp³-hybridized carbons (Fsp3) is 0.261. The minimum Gasteiger partial charge on any atom is -0.460 e. The Balaban J connectivity index is 0.629. The Hall–Kier alpha value is -5.42. The molecule has 9 heteroatoms. The summed E-state index contributed by atoms with van der Waals surface area (Å²) in [4.78, 5) is 25.9. The van der Waals surface area contributed by atoms with Crippen LogP contribution in [0.2, 0.25) is 0 Å². The van der Waals surface area contributed by atoms with Gasteiger partial charge in [-0.15, -0.1) is 0 Å². The van der Waals surface area contributed by atoms with Crippen molar-refractivity contribution in [1.82, 2.24) is 0 Å². The Morgan fingerprint density at radius 2 is 0.582 bits per heavy atom. The summed E-state index contributed by atoms with van der Waals surface area (Å²) in [7, 11) is 0. The van der Waals surface area contributed by atoms with E-state index in [0.29, 0.717) is 64.0 Å². The van der Waals surface area contributed by atoms with Crippen molar-refractivity contribution in [2.45, 2.75) is 0 Å². The molecular weight excluding hydrogens is 696 g/mol. The van der Waals surface area contributed by atoms with Crippen LogP contribution in [-0.2, 0) is 33.2 Å². The Morgan fingerprint density at radius 1 is 0.309 bits per heavy atom. The monoisotopic (exact) mass is 738 g/mol. The van der Waals surface area contributed by atoms with Crippen molar-refractivity contribution < 1.29 is 42.7 Å². The highest BCUT2D eigenvalue weighted by molar-refractivity contribution is 6.27. The first-order chi connectivity index (χ1) is 27.2. The summed E-state index contributed by atoms with van der Waals surface area (Å²) in [6.45, 7) is 4.23. The van der Waals surface area contributed by atoms with Crippen LogP contribution in [-0.4, -0.2) is 91.2 Å². The van der Waals surface area contributed by atoms with Gasteiger partial charge in [0.05, 0.1) is 77.2 Å². The van der Waals surface area contributed by atoms with Crippen LogP contribution < -0.4 is 0 Å². The molecule has 0 unspecified atom stereocenters. The van der Waals surface area contributed by atoms with Crippen LogP contribution in [0.5, 0.6) is 0 Å². The molecular formula is C46H42O9. The second-order valence-electron chi connectivity index (χ2n) is 13.3. The van der Waals surface area contributed by atoms with Crippen molar-refractivity contribution in [1.29, 1.82) is 0 Å². The van der Waals surface area contributed by atoms with E-state index >= 15 is 0 Å². The van der Waals surface area contributed by atoms with Gasteiger partial charge >= 0.3 is 11.9 Å². The van der Waals surface area contributed by atoms with Crippen molar-refractivity contribution in [3.05, 3.63) is 120 Å². The van der Waals surface area contributed by atoms with Gasteiger partial charge in [0.25, 0.3) is 0 Å². The molecule has 0 aliphatic heterocycles. The molecule has 0 amide bonds. The quantitative estimate of drug-likeness (QED) is 0.0433. The van der Waals surface area contributed by atoms with Crippen LogP contribution in [0, 0.1) is 0 Å². The lowest BCUT2D eigenvalue weighted by atomic mass is 9.92. The first-order valence-corrected chi connectivity index (χ1v) is 18.7. The summed E-state index contributed by atoms with van der Waals surface area (Å²) >= 11 is 0. The maximum atomic E-state index is 12.9. The molecule has 0 aliphatic rings. The van der Waals surface area contributed by atoms with Crippen molar-refractivity contribution >= 4 is 76.6 Å². The van der Waals surface area contributed by atoms with Gasteiger partial charge < -0.3 is 33.2 Å². The third-order valence-corrected chi connectivity index (χ3v) is 9.91. The normalized spacial score (nSPS) is 11.9. The minimum absolute atomic E-state index is 0.159. The highest BCUT2D eigenvalue weighted by Gasteiger charge is 2.17. The molecule has 8 aromatic rings. The predicted molar refractivity (Wildman–Crippen MR) is 215 cm³/mol. The smallest absolute Gasteiger partial charge is 0.338 e. The number of carbonyl (C=O) groups is 2. The van der Waals surface area contributed by atoms with E-state index in [9.17, 15) is 9.59 Å². The SMILES string of the molecule is O=C(OCCOCCOCCOCCOCCOCCOC(=O)c1ccc2ccc3cccc4ccc1c2c34)c1ccc2ccc3cccc4ccc1c2c34. The molecule has 0 saturated carbocycles. The first kappa shape index (κ1) is 36.6. The summed E-state index contributed by atoms with van der Waals surface area (Å²) in [6.07, 6.45) is 0. The predicted octanol–water partition coefficient (Wildman–Crippen LogP) is 8.58. The van der Waals surface area contributed by atoms with Gasteiger partial charge in [-0.05, 0) is 76.8 Å². The van der Waals surface area contributed by atoms with Gasteiger partial charge in [0.2, 0.25) is 0 Å². The molecule has 280 valence electrons. The highest BCUT2D eigenvalue weighted by Crippen LogP contribution is 2.37. The number of carbonyl (C=O) groups excluding carboxylic acids is 2. The zero-order chi connectivity index (χ0) is 37.4. The number of hydrogen-bond acceptors (Lipinski definition) is 9. The summed E-state index contributed by atoms with van der Waals surface area (Å²) in [6, 6.07) is 36.6. The molecule has 0 radical (unpaired) electrons. The van der Waals surface area contributed by atoms with Crippen LogP contribution in [0.4, 0.5) is 0 Å². The number of benzene rings is 8. The number of ether oxygens (including phenoxy) is 7.